The monoisotopic (exact) mass is 446 g/mol. The van der Waals surface area contributed by atoms with Gasteiger partial charge in [0.15, 0.2) is 0 Å². The van der Waals surface area contributed by atoms with Crippen molar-refractivity contribution in [3.05, 3.63) is 96.6 Å². The highest BCUT2D eigenvalue weighted by atomic mass is 32.1. The molecule has 0 radical (unpaired) electrons. The van der Waals surface area contributed by atoms with Crippen molar-refractivity contribution in [3.8, 4) is 10.4 Å². The van der Waals surface area contributed by atoms with Gasteiger partial charge in [0, 0.05) is 20.3 Å². The van der Waals surface area contributed by atoms with Crippen LogP contribution in [0.4, 0.5) is 0 Å². The summed E-state index contributed by atoms with van der Waals surface area (Å²) in [5.41, 5.74) is 2.73. The van der Waals surface area contributed by atoms with Crippen LogP contribution >= 0.6 is 11.3 Å². The highest BCUT2D eigenvalue weighted by molar-refractivity contribution is 7.23. The van der Waals surface area contributed by atoms with Gasteiger partial charge < -0.3 is 0 Å². The number of fused-ring (bicyclic) bond motifs is 6. The van der Waals surface area contributed by atoms with E-state index in [1.807, 2.05) is 11.3 Å². The summed E-state index contributed by atoms with van der Waals surface area (Å²) < 4.78 is 1.43. The first-order valence-electron chi connectivity index (χ1n) is 11.9. The van der Waals surface area contributed by atoms with E-state index < -0.39 is 0 Å². The molecule has 0 aliphatic rings. The molecule has 9 rings (SSSR count). The maximum Gasteiger partial charge on any atom is 0.0437 e. The summed E-state index contributed by atoms with van der Waals surface area (Å²) in [6.07, 6.45) is 0. The van der Waals surface area contributed by atoms with Crippen molar-refractivity contribution in [1.29, 1.82) is 0 Å². The van der Waals surface area contributed by atoms with E-state index in [-0.39, 0.29) is 0 Å². The van der Waals surface area contributed by atoms with Crippen molar-refractivity contribution in [2.24, 2.45) is 0 Å². The standard InChI is InChI=1S/C33H18S/c1-17-27-24-14-12-19-15-25-22-10-6-5-9-21(22)23-13-11-20-16-26(31(24)29(19)28(20)30(23)25)33(27)34-32(17)18-7-3-2-4-8-18/h2-16H,1H3. The molecule has 156 valence electrons. The van der Waals surface area contributed by atoms with E-state index in [0.29, 0.717) is 0 Å². The fourth-order valence-corrected chi connectivity index (χ4v) is 8.05. The molecule has 0 nitrogen and oxygen atoms in total. The molecule has 0 aliphatic carbocycles. The second-order valence-corrected chi connectivity index (χ2v) is 10.7. The topological polar surface area (TPSA) is 0 Å². The fourth-order valence-electron chi connectivity index (χ4n) is 6.70. The molecular weight excluding hydrogens is 428 g/mol. The fraction of sp³-hybridized carbons (Fsp3) is 0.0303. The number of rotatable bonds is 1. The Labute approximate surface area is 199 Å². The molecule has 0 bridgehead atoms. The smallest absolute Gasteiger partial charge is 0.0437 e. The van der Waals surface area contributed by atoms with Crippen LogP contribution in [0.1, 0.15) is 5.56 Å². The van der Waals surface area contributed by atoms with E-state index in [0.717, 1.165) is 0 Å². The first kappa shape index (κ1) is 17.5. The molecule has 0 N–H and O–H groups in total. The van der Waals surface area contributed by atoms with Gasteiger partial charge in [-0.15, -0.1) is 11.3 Å². The SMILES string of the molecule is Cc1c(-c2ccccc2)sc2c3cc4ccc5c6ccccc6c6cc7ccc(c12)c3c7c4c56. The lowest BCUT2D eigenvalue weighted by atomic mass is 9.90. The summed E-state index contributed by atoms with van der Waals surface area (Å²) in [5.74, 6) is 0. The highest BCUT2D eigenvalue weighted by Crippen LogP contribution is 2.53. The Bertz CT molecular complexity index is 2210. The van der Waals surface area contributed by atoms with Gasteiger partial charge in [-0.1, -0.05) is 78.9 Å². The summed E-state index contributed by atoms with van der Waals surface area (Å²) >= 11 is 1.96. The van der Waals surface area contributed by atoms with Gasteiger partial charge in [-0.05, 0) is 89.4 Å². The van der Waals surface area contributed by atoms with Crippen molar-refractivity contribution in [1.82, 2.24) is 0 Å². The van der Waals surface area contributed by atoms with Crippen LogP contribution in [0, 0.1) is 6.92 Å². The predicted octanol–water partition coefficient (Wildman–Crippen LogP) is 10.1. The van der Waals surface area contributed by atoms with Gasteiger partial charge in [-0.2, -0.15) is 0 Å². The number of thiophene rings is 1. The van der Waals surface area contributed by atoms with E-state index in [1.165, 1.54) is 90.7 Å². The zero-order chi connectivity index (χ0) is 22.1. The van der Waals surface area contributed by atoms with Gasteiger partial charge >= 0.3 is 0 Å². The van der Waals surface area contributed by atoms with Gasteiger partial charge in [0.05, 0.1) is 0 Å². The van der Waals surface area contributed by atoms with E-state index in [2.05, 4.69) is 97.9 Å². The van der Waals surface area contributed by atoms with Crippen LogP contribution in [-0.2, 0) is 0 Å². The van der Waals surface area contributed by atoms with E-state index in [4.69, 9.17) is 0 Å². The predicted molar refractivity (Wildman–Crippen MR) is 151 cm³/mol. The van der Waals surface area contributed by atoms with Crippen molar-refractivity contribution in [3.63, 3.8) is 0 Å². The number of aryl methyl sites for hydroxylation is 1. The third-order valence-corrected chi connectivity index (χ3v) is 9.44. The highest BCUT2D eigenvalue weighted by Gasteiger charge is 2.24. The molecule has 0 amide bonds. The van der Waals surface area contributed by atoms with Gasteiger partial charge in [0.25, 0.3) is 0 Å². The lowest BCUT2D eigenvalue weighted by molar-refractivity contribution is 1.58. The normalized spacial score (nSPS) is 12.9. The van der Waals surface area contributed by atoms with Crippen LogP contribution in [0.2, 0.25) is 0 Å². The average Bonchev–Trinajstić information content (AvgIpc) is 3.51. The Kier molecular flexibility index (Phi) is 2.97. The van der Waals surface area contributed by atoms with Crippen molar-refractivity contribution >= 4 is 86.1 Å². The van der Waals surface area contributed by atoms with Gasteiger partial charge in [-0.25, -0.2) is 0 Å². The van der Waals surface area contributed by atoms with Crippen LogP contribution in [-0.4, -0.2) is 0 Å². The van der Waals surface area contributed by atoms with Crippen LogP contribution < -0.4 is 0 Å². The van der Waals surface area contributed by atoms with Crippen LogP contribution in [0.15, 0.2) is 91.0 Å². The lowest BCUT2D eigenvalue weighted by Gasteiger charge is -2.13. The molecule has 1 heteroatoms. The zero-order valence-corrected chi connectivity index (χ0v) is 19.4. The summed E-state index contributed by atoms with van der Waals surface area (Å²) in [6, 6.07) is 34.1. The Morgan fingerprint density at radius 2 is 1.09 bits per heavy atom. The van der Waals surface area contributed by atoms with E-state index in [9.17, 15) is 0 Å². The van der Waals surface area contributed by atoms with Crippen LogP contribution in [0.5, 0.6) is 0 Å². The quantitative estimate of drug-likeness (QED) is 0.220. The molecule has 0 atom stereocenters. The summed E-state index contributed by atoms with van der Waals surface area (Å²) in [6.45, 7) is 2.31. The van der Waals surface area contributed by atoms with E-state index in [1.54, 1.807) is 0 Å². The molecule has 0 aliphatic heterocycles. The van der Waals surface area contributed by atoms with Crippen LogP contribution in [0.3, 0.4) is 0 Å². The maximum absolute atomic E-state index is 2.47. The Morgan fingerprint density at radius 3 is 1.85 bits per heavy atom. The molecule has 9 aromatic rings. The number of benzene rings is 6. The molecule has 1 aromatic heterocycles. The van der Waals surface area contributed by atoms with Crippen LogP contribution in [0.25, 0.3) is 85.2 Å². The lowest BCUT2D eigenvalue weighted by Crippen LogP contribution is -1.84. The summed E-state index contributed by atoms with van der Waals surface area (Å²) in [5, 5.41) is 18.3. The third kappa shape index (κ3) is 1.86. The van der Waals surface area contributed by atoms with Crippen molar-refractivity contribution in [2.75, 3.05) is 0 Å². The molecule has 1 heterocycles. The molecule has 8 aromatic carbocycles. The first-order chi connectivity index (χ1) is 16.8. The Morgan fingerprint density at radius 1 is 0.471 bits per heavy atom. The van der Waals surface area contributed by atoms with E-state index >= 15 is 0 Å². The van der Waals surface area contributed by atoms with Crippen molar-refractivity contribution < 1.29 is 0 Å². The summed E-state index contributed by atoms with van der Waals surface area (Å²) in [4.78, 5) is 1.40. The number of hydrogen-bond donors (Lipinski definition) is 0. The molecule has 34 heavy (non-hydrogen) atoms. The largest absolute Gasteiger partial charge is 0.134 e. The second kappa shape index (κ2) is 5.75. The Balaban J connectivity index is 1.54. The first-order valence-corrected chi connectivity index (χ1v) is 12.7. The van der Waals surface area contributed by atoms with Gasteiger partial charge in [-0.3, -0.25) is 0 Å². The molecule has 0 saturated carbocycles. The maximum atomic E-state index is 2.47. The van der Waals surface area contributed by atoms with Crippen molar-refractivity contribution in [2.45, 2.75) is 6.92 Å². The summed E-state index contributed by atoms with van der Waals surface area (Å²) in [7, 11) is 0. The average molecular weight is 447 g/mol. The number of hydrogen-bond acceptors (Lipinski definition) is 1. The minimum Gasteiger partial charge on any atom is -0.134 e. The zero-order valence-electron chi connectivity index (χ0n) is 18.6. The molecule has 0 spiro atoms. The molecule has 0 saturated heterocycles. The minimum atomic E-state index is 1.32. The molecule has 0 fully saturated rings. The third-order valence-electron chi connectivity index (χ3n) is 8.07. The Hall–Kier alpha value is -3.94. The minimum absolute atomic E-state index is 1.32. The second-order valence-electron chi connectivity index (χ2n) is 9.69. The van der Waals surface area contributed by atoms with Gasteiger partial charge in [0.1, 0.15) is 0 Å². The molecule has 0 unspecified atom stereocenters. The molecular formula is C33H18S. The van der Waals surface area contributed by atoms with Gasteiger partial charge in [0.2, 0.25) is 0 Å².